The van der Waals surface area contributed by atoms with Crippen molar-refractivity contribution in [3.63, 3.8) is 0 Å². The highest BCUT2D eigenvalue weighted by Gasteiger charge is 2.75. The summed E-state index contributed by atoms with van der Waals surface area (Å²) in [6, 6.07) is 9.30. The lowest BCUT2D eigenvalue weighted by Gasteiger charge is -2.56. The third kappa shape index (κ3) is 1.57. The molecule has 26 heavy (non-hydrogen) atoms. The van der Waals surface area contributed by atoms with E-state index in [1.54, 1.807) is 18.3 Å². The summed E-state index contributed by atoms with van der Waals surface area (Å²) in [5.41, 5.74) is 7.44. The molecule has 134 valence electrons. The summed E-state index contributed by atoms with van der Waals surface area (Å²) in [6.45, 7) is 3.09. The predicted molar refractivity (Wildman–Crippen MR) is 100 cm³/mol. The van der Waals surface area contributed by atoms with Gasteiger partial charge in [-0.15, -0.1) is 4.58 Å². The van der Waals surface area contributed by atoms with Crippen LogP contribution in [-0.4, -0.2) is 55.3 Å². The second-order valence-corrected chi connectivity index (χ2v) is 8.32. The summed E-state index contributed by atoms with van der Waals surface area (Å²) in [5.74, 6) is 1.88. The van der Waals surface area contributed by atoms with Crippen molar-refractivity contribution in [2.24, 2.45) is 11.3 Å². The highest BCUT2D eigenvalue weighted by molar-refractivity contribution is 5.98. The molecule has 3 fully saturated rings. The number of hydrogen-bond acceptors (Lipinski definition) is 3. The van der Waals surface area contributed by atoms with E-state index in [1.165, 1.54) is 42.2 Å². The number of hydrogen-bond donors (Lipinski definition) is 0. The van der Waals surface area contributed by atoms with Gasteiger partial charge in [0.05, 0.1) is 25.3 Å². The van der Waals surface area contributed by atoms with Crippen molar-refractivity contribution in [3.8, 4) is 0 Å². The molecule has 3 unspecified atom stereocenters. The molecule has 4 nitrogen and oxygen atoms in total. The Morgan fingerprint density at radius 3 is 3.04 bits per heavy atom. The number of rotatable bonds is 2. The van der Waals surface area contributed by atoms with Crippen molar-refractivity contribution < 1.29 is 14.0 Å². The van der Waals surface area contributed by atoms with Crippen LogP contribution >= 0.6 is 0 Å². The highest BCUT2D eigenvalue weighted by atomic mass is 16.5. The molecule has 7 rings (SSSR count). The lowest BCUT2D eigenvalue weighted by molar-refractivity contribution is -0.453. The zero-order valence-electron chi connectivity index (χ0n) is 15.5. The van der Waals surface area contributed by atoms with Gasteiger partial charge in [-0.1, -0.05) is 23.8 Å². The van der Waals surface area contributed by atoms with Crippen molar-refractivity contribution in [3.05, 3.63) is 47.2 Å². The van der Waals surface area contributed by atoms with Crippen molar-refractivity contribution in [1.82, 2.24) is 4.90 Å². The van der Waals surface area contributed by atoms with E-state index >= 15 is 0 Å². The van der Waals surface area contributed by atoms with E-state index < -0.39 is 0 Å². The Labute approximate surface area is 154 Å². The third-order valence-corrected chi connectivity index (χ3v) is 7.15. The molecule has 1 saturated carbocycles. The Hall–Kier alpha value is -1.91. The fourth-order valence-corrected chi connectivity index (χ4v) is 6.57. The molecule has 0 aromatic heterocycles. The predicted octanol–water partition coefficient (Wildman–Crippen LogP) is 3.17. The number of ether oxygens (including phenoxy) is 2. The lowest BCUT2D eigenvalue weighted by atomic mass is 9.56. The van der Waals surface area contributed by atoms with Gasteiger partial charge in [0.1, 0.15) is 0 Å². The van der Waals surface area contributed by atoms with Crippen molar-refractivity contribution in [1.29, 1.82) is 0 Å². The minimum atomic E-state index is 0.0420. The van der Waals surface area contributed by atoms with E-state index in [2.05, 4.69) is 39.8 Å². The standard InChI is InChI=1S/C22H25N2O2/c1-25-10-8-15-11-14-12-22-19(15)23(13-14)9-7-17-16-5-3-4-6-18(16)24(20(17)22)21(22)26-2/h3-6,8,14,19H,7,9-13H2,1-2H3/q+1/b15-8-/t14?,19?,22-/m0/s1. The number of para-hydroxylation sites is 1. The Kier molecular flexibility index (Phi) is 2.97. The highest BCUT2D eigenvalue weighted by Crippen LogP contribution is 2.65. The molecule has 0 amide bonds. The van der Waals surface area contributed by atoms with Gasteiger partial charge in [-0.25, -0.2) is 0 Å². The van der Waals surface area contributed by atoms with Crippen LogP contribution in [0, 0.1) is 11.3 Å². The maximum atomic E-state index is 6.10. The van der Waals surface area contributed by atoms with Crippen LogP contribution in [0.4, 0.5) is 5.69 Å². The zero-order valence-corrected chi connectivity index (χ0v) is 15.5. The second-order valence-electron chi connectivity index (χ2n) is 8.32. The molecule has 1 aromatic carbocycles. The first-order valence-corrected chi connectivity index (χ1v) is 9.76. The van der Waals surface area contributed by atoms with Gasteiger partial charge in [-0.3, -0.25) is 4.90 Å². The molecule has 1 aliphatic carbocycles. The Balaban J connectivity index is 1.61. The number of nitrogens with zero attached hydrogens (tertiary/aromatic N) is 2. The molecule has 6 aliphatic rings. The van der Waals surface area contributed by atoms with E-state index in [4.69, 9.17) is 9.47 Å². The van der Waals surface area contributed by atoms with Crippen LogP contribution < -0.4 is 0 Å². The van der Waals surface area contributed by atoms with Gasteiger partial charge in [0.2, 0.25) is 11.4 Å². The summed E-state index contributed by atoms with van der Waals surface area (Å²) < 4.78 is 13.9. The lowest BCUT2D eigenvalue weighted by Crippen LogP contribution is -2.68. The molecule has 0 N–H and O–H groups in total. The van der Waals surface area contributed by atoms with E-state index in [9.17, 15) is 0 Å². The number of methoxy groups -OCH3 is 2. The number of fused-ring (bicyclic) bond motifs is 4. The van der Waals surface area contributed by atoms with Gasteiger partial charge in [0.15, 0.2) is 5.41 Å². The summed E-state index contributed by atoms with van der Waals surface area (Å²) in [6.07, 6.45) is 5.93. The van der Waals surface area contributed by atoms with Gasteiger partial charge in [0, 0.05) is 31.8 Å². The summed E-state index contributed by atoms with van der Waals surface area (Å²) >= 11 is 0. The first-order chi connectivity index (χ1) is 12.8. The molecule has 1 aromatic rings. The molecular formula is C22H25N2O2+. The Bertz CT molecular complexity index is 912. The van der Waals surface area contributed by atoms with E-state index in [0.29, 0.717) is 18.6 Å². The largest absolute Gasteiger partial charge is 0.450 e. The van der Waals surface area contributed by atoms with Crippen LogP contribution in [0.5, 0.6) is 0 Å². The van der Waals surface area contributed by atoms with Crippen LogP contribution in [0.3, 0.4) is 0 Å². The van der Waals surface area contributed by atoms with Crippen molar-refractivity contribution >= 4 is 17.2 Å². The van der Waals surface area contributed by atoms with Gasteiger partial charge in [-0.2, -0.15) is 0 Å². The SMILES string of the molecule is COC/C=C1/CC2CN3CCC4=C5[N+](=C(OC)[C@@]5(C2)C13)c1ccccc14. The molecular weight excluding hydrogens is 324 g/mol. The number of benzene rings is 1. The molecule has 5 aliphatic heterocycles. The number of piperidine rings is 2. The molecule has 4 atom stereocenters. The molecule has 0 radical (unpaired) electrons. The van der Waals surface area contributed by atoms with Crippen molar-refractivity contribution in [2.45, 2.75) is 25.3 Å². The van der Waals surface area contributed by atoms with Crippen LogP contribution in [0.1, 0.15) is 24.8 Å². The average molecular weight is 349 g/mol. The summed E-state index contributed by atoms with van der Waals surface area (Å²) in [7, 11) is 3.65. The first-order valence-electron chi connectivity index (χ1n) is 9.76. The quantitative estimate of drug-likeness (QED) is 0.606. The molecule has 2 saturated heterocycles. The monoisotopic (exact) mass is 349 g/mol. The van der Waals surface area contributed by atoms with Crippen LogP contribution in [0.2, 0.25) is 0 Å². The van der Waals surface area contributed by atoms with Crippen LogP contribution in [0.25, 0.3) is 5.57 Å². The van der Waals surface area contributed by atoms with E-state index in [-0.39, 0.29) is 5.41 Å². The van der Waals surface area contributed by atoms with E-state index in [1.807, 2.05) is 7.11 Å². The maximum Gasteiger partial charge on any atom is 0.367 e. The van der Waals surface area contributed by atoms with E-state index in [0.717, 1.165) is 13.0 Å². The second kappa shape index (κ2) is 5.08. The Morgan fingerprint density at radius 1 is 1.31 bits per heavy atom. The minimum Gasteiger partial charge on any atom is -0.450 e. The fourth-order valence-electron chi connectivity index (χ4n) is 6.57. The fraction of sp³-hybridized carbons (Fsp3) is 0.500. The summed E-state index contributed by atoms with van der Waals surface area (Å²) in [5, 5.41) is 0. The van der Waals surface area contributed by atoms with Gasteiger partial charge in [0.25, 0.3) is 0 Å². The smallest absolute Gasteiger partial charge is 0.367 e. The average Bonchev–Trinajstić information content (AvgIpc) is 2.92. The summed E-state index contributed by atoms with van der Waals surface area (Å²) in [4.78, 5) is 2.73. The Morgan fingerprint density at radius 2 is 2.19 bits per heavy atom. The topological polar surface area (TPSA) is 24.7 Å². The molecule has 4 bridgehead atoms. The van der Waals surface area contributed by atoms with Crippen LogP contribution in [-0.2, 0) is 9.47 Å². The minimum absolute atomic E-state index is 0.0420. The first kappa shape index (κ1) is 15.2. The van der Waals surface area contributed by atoms with Gasteiger partial charge >= 0.3 is 5.90 Å². The maximum absolute atomic E-state index is 6.10. The van der Waals surface area contributed by atoms with Gasteiger partial charge in [-0.05, 0) is 31.2 Å². The molecule has 4 heteroatoms. The van der Waals surface area contributed by atoms with Crippen LogP contribution in [0.15, 0.2) is 41.6 Å². The van der Waals surface area contributed by atoms with Gasteiger partial charge < -0.3 is 9.47 Å². The normalized spacial score (nSPS) is 37.5. The molecule has 1 spiro atoms. The third-order valence-electron chi connectivity index (χ3n) is 7.15. The molecule has 5 heterocycles. The van der Waals surface area contributed by atoms with Crippen molar-refractivity contribution in [2.75, 3.05) is 33.9 Å². The zero-order chi connectivity index (χ0) is 17.5.